The lowest BCUT2D eigenvalue weighted by atomic mass is 10.1. The van der Waals surface area contributed by atoms with Gasteiger partial charge in [0.05, 0.1) is 0 Å². The van der Waals surface area contributed by atoms with Crippen molar-refractivity contribution in [3.63, 3.8) is 0 Å². The molecule has 4 heteroatoms. The zero-order valence-electron chi connectivity index (χ0n) is 13.1. The van der Waals surface area contributed by atoms with E-state index in [4.69, 9.17) is 4.74 Å². The SMILES string of the molecule is CCCNCc1cccc(C)c1OC1CCCCNC1=O. The smallest absolute Gasteiger partial charge is 0.261 e. The molecule has 1 aliphatic rings. The summed E-state index contributed by atoms with van der Waals surface area (Å²) in [6, 6.07) is 6.14. The molecule has 1 aromatic carbocycles. The van der Waals surface area contributed by atoms with Gasteiger partial charge in [0.2, 0.25) is 0 Å². The van der Waals surface area contributed by atoms with Gasteiger partial charge in [-0.25, -0.2) is 0 Å². The normalized spacial score (nSPS) is 19.0. The topological polar surface area (TPSA) is 50.4 Å². The van der Waals surface area contributed by atoms with Crippen molar-refractivity contribution in [3.8, 4) is 5.75 Å². The van der Waals surface area contributed by atoms with Gasteiger partial charge in [0.15, 0.2) is 6.10 Å². The Balaban J connectivity index is 2.11. The van der Waals surface area contributed by atoms with Crippen LogP contribution in [0.2, 0.25) is 0 Å². The van der Waals surface area contributed by atoms with Gasteiger partial charge in [-0.15, -0.1) is 0 Å². The molecule has 1 amide bonds. The predicted octanol–water partition coefficient (Wildman–Crippen LogP) is 2.54. The lowest BCUT2D eigenvalue weighted by Gasteiger charge is -2.20. The largest absolute Gasteiger partial charge is 0.480 e. The van der Waals surface area contributed by atoms with E-state index in [1.807, 2.05) is 19.1 Å². The van der Waals surface area contributed by atoms with Crippen LogP contribution in [0.4, 0.5) is 0 Å². The molecule has 0 saturated carbocycles. The third kappa shape index (κ3) is 4.46. The van der Waals surface area contributed by atoms with Crippen molar-refractivity contribution < 1.29 is 9.53 Å². The molecular formula is C17H26N2O2. The number of carbonyl (C=O) groups excluding carboxylic acids is 1. The second-order valence-corrected chi connectivity index (χ2v) is 5.63. The fraction of sp³-hybridized carbons (Fsp3) is 0.588. The number of para-hydroxylation sites is 1. The predicted molar refractivity (Wildman–Crippen MR) is 84.5 cm³/mol. The van der Waals surface area contributed by atoms with Gasteiger partial charge in [-0.2, -0.15) is 0 Å². The molecule has 0 aliphatic carbocycles. The van der Waals surface area contributed by atoms with Gasteiger partial charge in [0.1, 0.15) is 5.75 Å². The Morgan fingerprint density at radius 1 is 1.38 bits per heavy atom. The zero-order valence-corrected chi connectivity index (χ0v) is 13.1. The molecule has 1 saturated heterocycles. The molecule has 2 N–H and O–H groups in total. The maximum Gasteiger partial charge on any atom is 0.261 e. The van der Waals surface area contributed by atoms with Crippen molar-refractivity contribution in [2.45, 2.75) is 52.2 Å². The summed E-state index contributed by atoms with van der Waals surface area (Å²) in [6.45, 7) is 6.71. The summed E-state index contributed by atoms with van der Waals surface area (Å²) in [5.74, 6) is 0.881. The Hall–Kier alpha value is -1.55. The Kier molecular flexibility index (Phi) is 6.05. The minimum atomic E-state index is -0.362. The fourth-order valence-corrected chi connectivity index (χ4v) is 2.59. The summed E-state index contributed by atoms with van der Waals surface area (Å²) in [5, 5.41) is 6.33. The number of amides is 1. The summed E-state index contributed by atoms with van der Waals surface area (Å²) in [5.41, 5.74) is 2.21. The number of nitrogens with one attached hydrogen (secondary N) is 2. The average Bonchev–Trinajstić information content (AvgIpc) is 2.67. The Labute approximate surface area is 127 Å². The maximum atomic E-state index is 12.0. The molecule has 21 heavy (non-hydrogen) atoms. The number of hydrogen-bond acceptors (Lipinski definition) is 3. The average molecular weight is 290 g/mol. The third-order valence-corrected chi connectivity index (χ3v) is 3.78. The highest BCUT2D eigenvalue weighted by molar-refractivity contribution is 5.81. The monoisotopic (exact) mass is 290 g/mol. The first-order valence-corrected chi connectivity index (χ1v) is 7.96. The summed E-state index contributed by atoms with van der Waals surface area (Å²) < 4.78 is 6.09. The molecular weight excluding hydrogens is 264 g/mol. The molecule has 2 rings (SSSR count). The van der Waals surface area contributed by atoms with Crippen LogP contribution in [0.1, 0.15) is 43.7 Å². The number of ether oxygens (including phenoxy) is 1. The molecule has 1 unspecified atom stereocenters. The van der Waals surface area contributed by atoms with Gasteiger partial charge in [0.25, 0.3) is 5.91 Å². The number of carbonyl (C=O) groups is 1. The van der Waals surface area contributed by atoms with Gasteiger partial charge in [-0.1, -0.05) is 25.1 Å². The fourth-order valence-electron chi connectivity index (χ4n) is 2.59. The molecule has 0 spiro atoms. The summed E-state index contributed by atoms with van der Waals surface area (Å²) in [4.78, 5) is 12.0. The van der Waals surface area contributed by atoms with Gasteiger partial charge in [-0.05, 0) is 44.7 Å². The minimum Gasteiger partial charge on any atom is -0.480 e. The highest BCUT2D eigenvalue weighted by Crippen LogP contribution is 2.26. The van der Waals surface area contributed by atoms with Crippen molar-refractivity contribution in [1.29, 1.82) is 0 Å². The lowest BCUT2D eigenvalue weighted by Crippen LogP contribution is -2.37. The van der Waals surface area contributed by atoms with Crippen molar-refractivity contribution in [2.24, 2.45) is 0 Å². The number of hydrogen-bond donors (Lipinski definition) is 2. The van der Waals surface area contributed by atoms with Crippen molar-refractivity contribution in [1.82, 2.24) is 10.6 Å². The molecule has 1 aliphatic heterocycles. The van der Waals surface area contributed by atoms with Crippen LogP contribution in [-0.4, -0.2) is 25.1 Å². The third-order valence-electron chi connectivity index (χ3n) is 3.78. The Morgan fingerprint density at radius 2 is 2.24 bits per heavy atom. The molecule has 116 valence electrons. The molecule has 0 radical (unpaired) electrons. The number of rotatable bonds is 6. The Morgan fingerprint density at radius 3 is 3.05 bits per heavy atom. The van der Waals surface area contributed by atoms with Crippen LogP contribution in [-0.2, 0) is 11.3 Å². The standard InChI is InChI=1S/C17H26N2O2/c1-3-10-18-12-14-8-6-7-13(2)16(14)21-15-9-4-5-11-19-17(15)20/h6-8,15,18H,3-5,9-12H2,1-2H3,(H,19,20). The van der Waals surface area contributed by atoms with E-state index in [-0.39, 0.29) is 12.0 Å². The second-order valence-electron chi connectivity index (χ2n) is 5.63. The zero-order chi connectivity index (χ0) is 15.1. The first-order valence-electron chi connectivity index (χ1n) is 7.96. The minimum absolute atomic E-state index is 0.0169. The van der Waals surface area contributed by atoms with Gasteiger partial charge >= 0.3 is 0 Å². The highest BCUT2D eigenvalue weighted by atomic mass is 16.5. The van der Waals surface area contributed by atoms with Crippen LogP contribution < -0.4 is 15.4 Å². The van der Waals surface area contributed by atoms with Crippen LogP contribution >= 0.6 is 0 Å². The van der Waals surface area contributed by atoms with E-state index >= 15 is 0 Å². The molecule has 4 nitrogen and oxygen atoms in total. The van der Waals surface area contributed by atoms with E-state index in [1.165, 1.54) is 0 Å². The molecule has 1 aromatic rings. The summed E-state index contributed by atoms with van der Waals surface area (Å²) >= 11 is 0. The first-order chi connectivity index (χ1) is 10.2. The van der Waals surface area contributed by atoms with Crippen LogP contribution in [0.15, 0.2) is 18.2 Å². The van der Waals surface area contributed by atoms with Crippen LogP contribution in [0.5, 0.6) is 5.75 Å². The summed E-state index contributed by atoms with van der Waals surface area (Å²) in [6.07, 6.45) is 3.59. The molecule has 1 heterocycles. The maximum absolute atomic E-state index is 12.0. The van der Waals surface area contributed by atoms with E-state index < -0.39 is 0 Å². The van der Waals surface area contributed by atoms with Crippen molar-refractivity contribution in [2.75, 3.05) is 13.1 Å². The van der Waals surface area contributed by atoms with E-state index in [1.54, 1.807) is 0 Å². The van der Waals surface area contributed by atoms with E-state index in [0.29, 0.717) is 0 Å². The van der Waals surface area contributed by atoms with Crippen LogP contribution in [0, 0.1) is 6.92 Å². The van der Waals surface area contributed by atoms with Crippen molar-refractivity contribution in [3.05, 3.63) is 29.3 Å². The molecule has 1 atom stereocenters. The molecule has 0 aromatic heterocycles. The van der Waals surface area contributed by atoms with Gasteiger partial charge < -0.3 is 15.4 Å². The Bertz CT molecular complexity index is 474. The van der Waals surface area contributed by atoms with Gasteiger partial charge in [0, 0.05) is 18.7 Å². The van der Waals surface area contributed by atoms with E-state index in [2.05, 4.69) is 23.6 Å². The van der Waals surface area contributed by atoms with Crippen LogP contribution in [0.25, 0.3) is 0 Å². The molecule has 0 bridgehead atoms. The van der Waals surface area contributed by atoms with Crippen molar-refractivity contribution >= 4 is 5.91 Å². The quantitative estimate of drug-likeness (QED) is 0.792. The van der Waals surface area contributed by atoms with E-state index in [9.17, 15) is 4.79 Å². The van der Waals surface area contributed by atoms with E-state index in [0.717, 1.165) is 62.2 Å². The highest BCUT2D eigenvalue weighted by Gasteiger charge is 2.23. The van der Waals surface area contributed by atoms with Crippen LogP contribution in [0.3, 0.4) is 0 Å². The first kappa shape index (κ1) is 15.8. The number of aryl methyl sites for hydroxylation is 1. The summed E-state index contributed by atoms with van der Waals surface area (Å²) in [7, 11) is 0. The lowest BCUT2D eigenvalue weighted by molar-refractivity contribution is -0.127. The second kappa shape index (κ2) is 8.03. The molecule has 1 fully saturated rings. The number of benzene rings is 1. The van der Waals surface area contributed by atoms with Gasteiger partial charge in [-0.3, -0.25) is 4.79 Å².